The highest BCUT2D eigenvalue weighted by Gasteiger charge is 2.06. The number of halogens is 1. The monoisotopic (exact) mass is 282 g/mol. The molecule has 0 aliphatic carbocycles. The molecule has 0 saturated heterocycles. The van der Waals surface area contributed by atoms with Crippen LogP contribution in [-0.4, -0.2) is 12.4 Å². The lowest BCUT2D eigenvalue weighted by Crippen LogP contribution is -1.99. The molecule has 0 aliphatic heterocycles. The number of hydrogen-bond acceptors (Lipinski definition) is 2. The van der Waals surface area contributed by atoms with Crippen molar-refractivity contribution in [1.82, 2.24) is 0 Å². The second-order valence-corrected chi connectivity index (χ2v) is 4.61. The lowest BCUT2D eigenvalue weighted by molar-refractivity contribution is 0.101. The van der Waals surface area contributed by atoms with Crippen LogP contribution in [0.2, 0.25) is 0 Å². The number of benzene rings is 1. The minimum atomic E-state index is 0.0420. The Kier molecular flexibility index (Phi) is 4.74. The molecule has 0 atom stereocenters. The molecule has 0 amide bonds. The van der Waals surface area contributed by atoms with Crippen LogP contribution in [0.1, 0.15) is 30.6 Å². The lowest BCUT2D eigenvalue weighted by Gasteiger charge is -2.07. The van der Waals surface area contributed by atoms with Crippen molar-refractivity contribution in [3.05, 3.63) is 40.4 Å². The van der Waals surface area contributed by atoms with Gasteiger partial charge in [-0.1, -0.05) is 5.57 Å². The molecular weight excluding hydrogens is 268 g/mol. The average molecular weight is 283 g/mol. The molecule has 0 saturated carbocycles. The fourth-order valence-electron chi connectivity index (χ4n) is 1.21. The van der Waals surface area contributed by atoms with Gasteiger partial charge in [0, 0.05) is 16.5 Å². The van der Waals surface area contributed by atoms with E-state index in [-0.39, 0.29) is 5.78 Å². The van der Waals surface area contributed by atoms with E-state index in [2.05, 4.69) is 22.5 Å². The molecule has 86 valence electrons. The van der Waals surface area contributed by atoms with Gasteiger partial charge in [0.05, 0.1) is 6.61 Å². The first-order valence-electron chi connectivity index (χ1n) is 5.08. The maximum atomic E-state index is 11.2. The van der Waals surface area contributed by atoms with E-state index in [1.165, 1.54) is 0 Å². The largest absolute Gasteiger partial charge is 0.493 e. The number of carbonyl (C=O) groups excluding carboxylic acids is 1. The summed E-state index contributed by atoms with van der Waals surface area (Å²) in [6, 6.07) is 5.39. The molecule has 1 aromatic carbocycles. The average Bonchev–Trinajstić information content (AvgIpc) is 2.16. The number of carbonyl (C=O) groups is 1. The van der Waals surface area contributed by atoms with Crippen molar-refractivity contribution in [2.45, 2.75) is 20.3 Å². The summed E-state index contributed by atoms with van der Waals surface area (Å²) in [5.74, 6) is 0.804. The van der Waals surface area contributed by atoms with Crippen LogP contribution < -0.4 is 4.74 Å². The number of ketones is 1. The highest BCUT2D eigenvalue weighted by Crippen LogP contribution is 2.23. The maximum Gasteiger partial charge on any atom is 0.160 e. The molecule has 0 N–H and O–H groups in total. The molecule has 0 unspecified atom stereocenters. The highest BCUT2D eigenvalue weighted by molar-refractivity contribution is 9.10. The van der Waals surface area contributed by atoms with Crippen molar-refractivity contribution < 1.29 is 9.53 Å². The smallest absolute Gasteiger partial charge is 0.160 e. The molecule has 16 heavy (non-hydrogen) atoms. The van der Waals surface area contributed by atoms with Gasteiger partial charge in [-0.3, -0.25) is 4.79 Å². The number of ether oxygens (including phenoxy) is 1. The SMILES string of the molecule is C=C(C)CCOc1ccc(C(C)=O)c(Br)c1. The summed E-state index contributed by atoms with van der Waals surface area (Å²) in [5, 5.41) is 0. The van der Waals surface area contributed by atoms with E-state index < -0.39 is 0 Å². The third kappa shape index (κ3) is 3.81. The second-order valence-electron chi connectivity index (χ2n) is 3.75. The van der Waals surface area contributed by atoms with E-state index in [4.69, 9.17) is 4.74 Å². The zero-order chi connectivity index (χ0) is 12.1. The molecule has 3 heteroatoms. The van der Waals surface area contributed by atoms with Gasteiger partial charge < -0.3 is 4.74 Å². The molecule has 0 aromatic heterocycles. The maximum absolute atomic E-state index is 11.2. The zero-order valence-corrected chi connectivity index (χ0v) is 11.1. The van der Waals surface area contributed by atoms with Crippen LogP contribution >= 0.6 is 15.9 Å². The molecule has 0 radical (unpaired) electrons. The van der Waals surface area contributed by atoms with E-state index in [1.807, 2.05) is 13.0 Å². The third-order valence-electron chi connectivity index (χ3n) is 2.12. The standard InChI is InChI=1S/C13H15BrO2/c1-9(2)6-7-16-11-4-5-12(10(3)15)13(14)8-11/h4-5,8H,1,6-7H2,2-3H3. The van der Waals surface area contributed by atoms with E-state index in [1.54, 1.807) is 19.1 Å². The summed E-state index contributed by atoms with van der Waals surface area (Å²) in [7, 11) is 0. The quantitative estimate of drug-likeness (QED) is 0.603. The molecule has 0 aliphatic rings. The van der Waals surface area contributed by atoms with E-state index in [0.717, 1.165) is 22.2 Å². The van der Waals surface area contributed by atoms with Crippen LogP contribution in [0, 0.1) is 0 Å². The molecule has 0 bridgehead atoms. The molecule has 0 fully saturated rings. The Balaban J connectivity index is 2.66. The van der Waals surface area contributed by atoms with Gasteiger partial charge in [-0.05, 0) is 48.0 Å². The molecule has 0 spiro atoms. The van der Waals surface area contributed by atoms with Gasteiger partial charge in [-0.2, -0.15) is 0 Å². The predicted octanol–water partition coefficient (Wildman–Crippen LogP) is 4.00. The first-order valence-corrected chi connectivity index (χ1v) is 5.87. The fraction of sp³-hybridized carbons (Fsp3) is 0.308. The highest BCUT2D eigenvalue weighted by atomic mass is 79.9. The van der Waals surface area contributed by atoms with Gasteiger partial charge in [0.1, 0.15) is 5.75 Å². The number of hydrogen-bond donors (Lipinski definition) is 0. The van der Waals surface area contributed by atoms with Crippen molar-refractivity contribution in [1.29, 1.82) is 0 Å². The summed E-state index contributed by atoms with van der Waals surface area (Å²) >= 11 is 3.35. The third-order valence-corrected chi connectivity index (χ3v) is 2.77. The Hall–Kier alpha value is -1.09. The molecule has 1 rings (SSSR count). The lowest BCUT2D eigenvalue weighted by atomic mass is 10.1. The van der Waals surface area contributed by atoms with Crippen LogP contribution in [0.15, 0.2) is 34.8 Å². The minimum absolute atomic E-state index is 0.0420. The van der Waals surface area contributed by atoms with Crippen molar-refractivity contribution in [3.8, 4) is 5.75 Å². The van der Waals surface area contributed by atoms with Crippen molar-refractivity contribution in [2.75, 3.05) is 6.61 Å². The van der Waals surface area contributed by atoms with Crippen LogP contribution in [0.3, 0.4) is 0 Å². The van der Waals surface area contributed by atoms with E-state index in [0.29, 0.717) is 12.2 Å². The summed E-state index contributed by atoms with van der Waals surface area (Å²) < 4.78 is 6.30. The van der Waals surface area contributed by atoms with E-state index in [9.17, 15) is 4.79 Å². The Morgan fingerprint density at radius 1 is 1.44 bits per heavy atom. The summed E-state index contributed by atoms with van der Waals surface area (Å²) in [4.78, 5) is 11.2. The van der Waals surface area contributed by atoms with Gasteiger partial charge in [-0.25, -0.2) is 0 Å². The first kappa shape index (κ1) is 13.0. The predicted molar refractivity (Wildman–Crippen MR) is 69.1 cm³/mol. The van der Waals surface area contributed by atoms with E-state index >= 15 is 0 Å². The van der Waals surface area contributed by atoms with Crippen LogP contribution in [0.4, 0.5) is 0 Å². The fourth-order valence-corrected chi connectivity index (χ4v) is 1.85. The van der Waals surface area contributed by atoms with Crippen LogP contribution in [0.5, 0.6) is 5.75 Å². The first-order chi connectivity index (χ1) is 7.50. The van der Waals surface area contributed by atoms with Gasteiger partial charge in [0.2, 0.25) is 0 Å². The molecular formula is C13H15BrO2. The molecule has 0 heterocycles. The Bertz CT molecular complexity index is 410. The van der Waals surface area contributed by atoms with Crippen LogP contribution in [0.25, 0.3) is 0 Å². The molecule has 1 aromatic rings. The minimum Gasteiger partial charge on any atom is -0.493 e. The topological polar surface area (TPSA) is 26.3 Å². The van der Waals surface area contributed by atoms with Gasteiger partial charge in [0.25, 0.3) is 0 Å². The summed E-state index contributed by atoms with van der Waals surface area (Å²) in [6.45, 7) is 7.93. The number of rotatable bonds is 5. The Morgan fingerprint density at radius 2 is 2.12 bits per heavy atom. The molecule has 2 nitrogen and oxygen atoms in total. The summed E-state index contributed by atoms with van der Waals surface area (Å²) in [6.07, 6.45) is 0.839. The Labute approximate surface area is 104 Å². The van der Waals surface area contributed by atoms with Crippen molar-refractivity contribution >= 4 is 21.7 Å². The number of Topliss-reactive ketones (excluding diaryl/α,β-unsaturated/α-hetero) is 1. The van der Waals surface area contributed by atoms with Crippen molar-refractivity contribution in [2.24, 2.45) is 0 Å². The van der Waals surface area contributed by atoms with Gasteiger partial charge in [0.15, 0.2) is 5.78 Å². The zero-order valence-electron chi connectivity index (χ0n) is 9.55. The van der Waals surface area contributed by atoms with Crippen molar-refractivity contribution in [3.63, 3.8) is 0 Å². The Morgan fingerprint density at radius 3 is 2.62 bits per heavy atom. The van der Waals surface area contributed by atoms with Crippen LogP contribution in [-0.2, 0) is 0 Å². The second kappa shape index (κ2) is 5.85. The van der Waals surface area contributed by atoms with Gasteiger partial charge in [-0.15, -0.1) is 6.58 Å². The summed E-state index contributed by atoms with van der Waals surface area (Å²) in [5.41, 5.74) is 1.77. The normalized spacial score (nSPS) is 9.94. The van der Waals surface area contributed by atoms with Gasteiger partial charge >= 0.3 is 0 Å².